The molecule has 0 aliphatic rings. The van der Waals surface area contributed by atoms with Gasteiger partial charge in [-0.1, -0.05) is 158 Å². The van der Waals surface area contributed by atoms with Crippen molar-refractivity contribution in [3.63, 3.8) is 0 Å². The van der Waals surface area contributed by atoms with Crippen molar-refractivity contribution in [3.05, 3.63) is 194 Å². The third kappa shape index (κ3) is 5.14. The molecule has 0 bridgehead atoms. The van der Waals surface area contributed by atoms with Crippen molar-refractivity contribution in [2.24, 2.45) is 0 Å². The van der Waals surface area contributed by atoms with Crippen molar-refractivity contribution in [3.8, 4) is 51.0 Å². The average Bonchev–Trinajstić information content (AvgIpc) is 3.92. The average molecular weight is 750 g/mol. The van der Waals surface area contributed by atoms with E-state index in [2.05, 4.69) is 54.6 Å². The van der Waals surface area contributed by atoms with Crippen LogP contribution in [0.2, 0.25) is 0 Å². The summed E-state index contributed by atoms with van der Waals surface area (Å²) < 4.78 is 88.4. The maximum Gasteiger partial charge on any atom is 0.238 e. The first-order valence-corrected chi connectivity index (χ1v) is 18.8. The molecule has 0 spiro atoms. The van der Waals surface area contributed by atoms with Crippen molar-refractivity contribution in [2.75, 3.05) is 0 Å². The number of hydrogen-bond donors (Lipinski definition) is 0. The van der Waals surface area contributed by atoms with Crippen LogP contribution in [-0.4, -0.2) is 19.5 Å². The van der Waals surface area contributed by atoms with Crippen LogP contribution in [-0.2, 0) is 0 Å². The molecular formula is C53H32N4O. The van der Waals surface area contributed by atoms with E-state index >= 15 is 0 Å². The highest BCUT2D eigenvalue weighted by molar-refractivity contribution is 6.18. The zero-order valence-electron chi connectivity index (χ0n) is 39.5. The number of hydrogen-bond acceptors (Lipinski definition) is 4. The molecule has 0 saturated heterocycles. The SMILES string of the molecule is [2H]c1c([2H])c(-c2nc(-c3cccc(-c4ccc(-c5ccc6ccccc6c5)cc4)c3)nc(-n3c4ccccc4c4ccccc43)n2)c2c(oc3c4c([2H])c([2H])c([2H])c([2H])c4c([2H])c([2H])c32)c1[2H]. The van der Waals surface area contributed by atoms with Gasteiger partial charge in [-0.3, -0.25) is 4.57 Å². The van der Waals surface area contributed by atoms with Gasteiger partial charge in [0.15, 0.2) is 11.6 Å². The smallest absolute Gasteiger partial charge is 0.238 e. The normalized spacial score (nSPS) is 14.0. The van der Waals surface area contributed by atoms with Crippen molar-refractivity contribution in [1.82, 2.24) is 19.5 Å². The Hall–Kier alpha value is -7.89. The van der Waals surface area contributed by atoms with Crippen LogP contribution in [0.3, 0.4) is 0 Å². The molecule has 58 heavy (non-hydrogen) atoms. The van der Waals surface area contributed by atoms with E-state index in [1.165, 1.54) is 5.39 Å². The Morgan fingerprint density at radius 1 is 0.431 bits per heavy atom. The van der Waals surface area contributed by atoms with Crippen LogP contribution < -0.4 is 0 Å². The Labute approximate surface area is 345 Å². The van der Waals surface area contributed by atoms with Gasteiger partial charge in [0.1, 0.15) is 11.2 Å². The summed E-state index contributed by atoms with van der Waals surface area (Å²) in [6.45, 7) is 0. The molecule has 9 aromatic carbocycles. The van der Waals surface area contributed by atoms with E-state index in [0.717, 1.165) is 49.4 Å². The van der Waals surface area contributed by atoms with Crippen LogP contribution in [0.5, 0.6) is 0 Å². The molecule has 270 valence electrons. The summed E-state index contributed by atoms with van der Waals surface area (Å²) in [5.74, 6) is 0.348. The Morgan fingerprint density at radius 3 is 1.91 bits per heavy atom. The largest absolute Gasteiger partial charge is 0.455 e. The van der Waals surface area contributed by atoms with Gasteiger partial charge in [0.05, 0.1) is 23.4 Å². The summed E-state index contributed by atoms with van der Waals surface area (Å²) >= 11 is 0. The van der Waals surface area contributed by atoms with Gasteiger partial charge in [0, 0.05) is 38.1 Å². The monoisotopic (exact) mass is 749 g/mol. The molecule has 0 unspecified atom stereocenters. The molecular weight excluding hydrogens is 709 g/mol. The van der Waals surface area contributed by atoms with Gasteiger partial charge in [-0.05, 0) is 74.8 Å². The van der Waals surface area contributed by atoms with E-state index in [1.54, 1.807) is 0 Å². The van der Waals surface area contributed by atoms with Crippen LogP contribution in [0.25, 0.3) is 116 Å². The fraction of sp³-hybridized carbons (Fsp3) is 0. The summed E-state index contributed by atoms with van der Waals surface area (Å²) in [5, 5.41) is 3.80. The summed E-state index contributed by atoms with van der Waals surface area (Å²) in [4.78, 5) is 15.2. The standard InChI is InChI=1S/C53H32N4O/c1-2-13-37-31-39(28-27-33(37)11-1)35-25-23-34(24-26-35)38-14-9-15-40(32-38)51-54-52(56-53(55-51)57-46-20-7-5-17-42(46)43-18-6-8-21-47(43)57)45-19-10-22-48-49(45)44-30-29-36-12-3-4-16-41(36)50(44)58-48/h1-32H/i3D,4D,10D,12D,16D,19D,22D,29D,30D. The van der Waals surface area contributed by atoms with Crippen molar-refractivity contribution < 1.29 is 16.8 Å². The number of para-hydroxylation sites is 2. The predicted molar refractivity (Wildman–Crippen MR) is 238 cm³/mol. The van der Waals surface area contributed by atoms with E-state index in [4.69, 9.17) is 29.0 Å². The number of rotatable bonds is 5. The predicted octanol–water partition coefficient (Wildman–Crippen LogP) is 13.8. The quantitative estimate of drug-likeness (QED) is 0.176. The Balaban J connectivity index is 1.11. The molecule has 3 aromatic heterocycles. The van der Waals surface area contributed by atoms with Crippen molar-refractivity contribution in [2.45, 2.75) is 0 Å². The van der Waals surface area contributed by atoms with E-state index in [0.29, 0.717) is 5.56 Å². The topological polar surface area (TPSA) is 56.7 Å². The Morgan fingerprint density at radius 2 is 1.10 bits per heavy atom. The molecule has 0 aliphatic carbocycles. The van der Waals surface area contributed by atoms with Crippen LogP contribution in [0.4, 0.5) is 0 Å². The lowest BCUT2D eigenvalue weighted by Gasteiger charge is -2.12. The van der Waals surface area contributed by atoms with E-state index < -0.39 is 54.4 Å². The van der Waals surface area contributed by atoms with E-state index in [1.807, 2.05) is 89.5 Å². The second kappa shape index (κ2) is 12.8. The van der Waals surface area contributed by atoms with Gasteiger partial charge >= 0.3 is 0 Å². The lowest BCUT2D eigenvalue weighted by Crippen LogP contribution is -2.06. The lowest BCUT2D eigenvalue weighted by atomic mass is 9.97. The molecule has 0 saturated carbocycles. The number of fused-ring (bicyclic) bond motifs is 9. The molecule has 5 heteroatoms. The first kappa shape index (κ1) is 24.6. The zero-order valence-corrected chi connectivity index (χ0v) is 30.5. The molecule has 5 nitrogen and oxygen atoms in total. The van der Waals surface area contributed by atoms with Crippen molar-refractivity contribution in [1.29, 1.82) is 0 Å². The van der Waals surface area contributed by atoms with Crippen LogP contribution in [0.1, 0.15) is 12.3 Å². The van der Waals surface area contributed by atoms with Gasteiger partial charge in [0.2, 0.25) is 5.95 Å². The molecule has 12 rings (SSSR count). The van der Waals surface area contributed by atoms with Gasteiger partial charge < -0.3 is 4.42 Å². The molecule has 12 aromatic rings. The van der Waals surface area contributed by atoms with E-state index in [9.17, 15) is 2.74 Å². The second-order valence-electron chi connectivity index (χ2n) is 14.1. The van der Waals surface area contributed by atoms with Gasteiger partial charge in [-0.25, -0.2) is 4.98 Å². The van der Waals surface area contributed by atoms with Gasteiger partial charge in [0.25, 0.3) is 0 Å². The Kier molecular flexibility index (Phi) is 5.44. The number of furan rings is 1. The first-order valence-electron chi connectivity index (χ1n) is 23.3. The molecule has 0 aliphatic heterocycles. The Bertz CT molecular complexity index is 4060. The maximum atomic E-state index is 9.46. The molecule has 0 N–H and O–H groups in total. The van der Waals surface area contributed by atoms with Crippen LogP contribution >= 0.6 is 0 Å². The van der Waals surface area contributed by atoms with E-state index in [-0.39, 0.29) is 55.9 Å². The lowest BCUT2D eigenvalue weighted by molar-refractivity contribution is 0.672. The van der Waals surface area contributed by atoms with Gasteiger partial charge in [-0.2, -0.15) is 9.97 Å². The minimum atomic E-state index is -0.568. The molecule has 0 fully saturated rings. The highest BCUT2D eigenvalue weighted by Gasteiger charge is 2.21. The summed E-state index contributed by atoms with van der Waals surface area (Å²) in [6.07, 6.45) is 0. The highest BCUT2D eigenvalue weighted by Crippen LogP contribution is 2.40. The zero-order chi connectivity index (χ0) is 46.0. The molecule has 0 amide bonds. The van der Waals surface area contributed by atoms with Crippen LogP contribution in [0.15, 0.2) is 198 Å². The minimum absolute atomic E-state index is 0.000567. The number of nitrogens with zero attached hydrogens (tertiary/aromatic N) is 4. The number of benzene rings is 9. The fourth-order valence-electron chi connectivity index (χ4n) is 8.04. The summed E-state index contributed by atoms with van der Waals surface area (Å²) in [6, 6.07) is 42.0. The maximum absolute atomic E-state index is 9.46. The van der Waals surface area contributed by atoms with Crippen LogP contribution in [0, 0.1) is 0 Å². The summed E-state index contributed by atoms with van der Waals surface area (Å²) in [5.41, 5.74) is 5.77. The fourth-order valence-corrected chi connectivity index (χ4v) is 8.04. The van der Waals surface area contributed by atoms with Gasteiger partial charge in [-0.15, -0.1) is 0 Å². The highest BCUT2D eigenvalue weighted by atomic mass is 16.3. The third-order valence-electron chi connectivity index (χ3n) is 10.8. The van der Waals surface area contributed by atoms with Crippen molar-refractivity contribution >= 4 is 65.3 Å². The number of aromatic nitrogens is 4. The second-order valence-corrected chi connectivity index (χ2v) is 14.1. The molecule has 0 atom stereocenters. The minimum Gasteiger partial charge on any atom is -0.455 e. The molecule has 0 radical (unpaired) electrons. The first-order chi connectivity index (χ1) is 32.5. The third-order valence-corrected chi connectivity index (χ3v) is 10.8. The molecule has 3 heterocycles. The summed E-state index contributed by atoms with van der Waals surface area (Å²) in [7, 11) is 0.